The summed E-state index contributed by atoms with van der Waals surface area (Å²) < 4.78 is 0. The lowest BCUT2D eigenvalue weighted by atomic mass is 9.95. The van der Waals surface area contributed by atoms with Gasteiger partial charge in [-0.05, 0) is 42.3 Å². The van der Waals surface area contributed by atoms with Crippen LogP contribution in [-0.4, -0.2) is 28.3 Å². The Bertz CT molecular complexity index is 1400. The summed E-state index contributed by atoms with van der Waals surface area (Å²) in [6.07, 6.45) is 1.72. The number of nitrogens with zero attached hydrogens (tertiary/aromatic N) is 1. The molecule has 6 N–H and O–H groups in total. The number of nitrogens with one attached hydrogen (secondary N) is 3. The van der Waals surface area contributed by atoms with Gasteiger partial charge >= 0.3 is 0 Å². The molecular weight excluding hydrogens is 450 g/mol. The molecule has 0 fully saturated rings. The zero-order valence-corrected chi connectivity index (χ0v) is 20.2. The molecule has 0 saturated carbocycles. The van der Waals surface area contributed by atoms with Crippen molar-refractivity contribution in [1.29, 1.82) is 5.41 Å². The summed E-state index contributed by atoms with van der Waals surface area (Å²) in [6, 6.07) is 24.4. The Labute approximate surface area is 210 Å². The molecule has 7 heteroatoms. The number of aliphatic hydroxyl groups is 1. The summed E-state index contributed by atoms with van der Waals surface area (Å²) in [5, 5.41) is 24.4. The number of hydrogen-bond donors (Lipinski definition) is 5. The summed E-state index contributed by atoms with van der Waals surface area (Å²) >= 11 is 0. The van der Waals surface area contributed by atoms with Crippen LogP contribution in [0.5, 0.6) is 0 Å². The van der Waals surface area contributed by atoms with Gasteiger partial charge in [0.05, 0.1) is 35.9 Å². The van der Waals surface area contributed by atoms with Crippen LogP contribution in [0.2, 0.25) is 0 Å². The van der Waals surface area contributed by atoms with Gasteiger partial charge in [0.25, 0.3) is 0 Å². The fourth-order valence-corrected chi connectivity index (χ4v) is 4.14. The number of aromatic nitrogens is 1. The van der Waals surface area contributed by atoms with E-state index in [2.05, 4.69) is 10.6 Å². The van der Waals surface area contributed by atoms with E-state index in [4.69, 9.17) is 16.1 Å². The molecule has 0 saturated heterocycles. The number of aliphatic hydroxyl groups excluding tert-OH is 1. The van der Waals surface area contributed by atoms with Crippen LogP contribution in [0.1, 0.15) is 31.0 Å². The molecule has 0 aliphatic heterocycles. The molecule has 182 valence electrons. The third-order valence-electron chi connectivity index (χ3n) is 5.87. The van der Waals surface area contributed by atoms with Crippen molar-refractivity contribution in [3.05, 3.63) is 96.2 Å². The quantitative estimate of drug-likeness (QED) is 0.169. The van der Waals surface area contributed by atoms with Crippen molar-refractivity contribution in [3.8, 4) is 22.4 Å². The normalized spacial score (nSPS) is 11.5. The Morgan fingerprint density at radius 2 is 1.72 bits per heavy atom. The highest BCUT2D eigenvalue weighted by molar-refractivity contribution is 6.03. The average Bonchev–Trinajstić information content (AvgIpc) is 2.88. The molecule has 7 nitrogen and oxygen atoms in total. The molecule has 1 amide bonds. The van der Waals surface area contributed by atoms with Gasteiger partial charge < -0.3 is 26.9 Å². The minimum atomic E-state index is -0.316. The maximum atomic E-state index is 11.8. The summed E-state index contributed by atoms with van der Waals surface area (Å²) in [6.45, 7) is 3.08. The highest BCUT2D eigenvalue weighted by atomic mass is 16.3. The van der Waals surface area contributed by atoms with Crippen LogP contribution in [0.4, 0.5) is 17.1 Å². The first kappa shape index (κ1) is 24.6. The number of nitrogen functional groups attached to an aromatic ring is 1. The molecular formula is C29H29N5O2. The Morgan fingerprint density at radius 1 is 1.00 bits per heavy atom. The van der Waals surface area contributed by atoms with Gasteiger partial charge in [0.2, 0.25) is 5.91 Å². The van der Waals surface area contributed by atoms with Crippen molar-refractivity contribution in [1.82, 2.24) is 4.98 Å². The Morgan fingerprint density at radius 3 is 2.42 bits per heavy atom. The van der Waals surface area contributed by atoms with E-state index in [0.29, 0.717) is 28.3 Å². The number of amides is 1. The maximum absolute atomic E-state index is 11.8. The monoisotopic (exact) mass is 479 g/mol. The van der Waals surface area contributed by atoms with Gasteiger partial charge in [-0.15, -0.1) is 0 Å². The minimum Gasteiger partial charge on any atom is -0.398 e. The second-order valence-electron chi connectivity index (χ2n) is 8.56. The van der Waals surface area contributed by atoms with Crippen LogP contribution < -0.4 is 16.4 Å². The second kappa shape index (κ2) is 10.8. The molecule has 3 aromatic carbocycles. The Hall–Kier alpha value is -4.49. The number of benzene rings is 3. The second-order valence-corrected chi connectivity index (χ2v) is 8.56. The smallest absolute Gasteiger partial charge is 0.221 e. The molecule has 0 radical (unpaired) electrons. The van der Waals surface area contributed by atoms with E-state index in [9.17, 15) is 9.90 Å². The molecule has 4 rings (SSSR count). The number of para-hydroxylation sites is 1. The minimum absolute atomic E-state index is 0.0918. The van der Waals surface area contributed by atoms with Gasteiger partial charge in [0.1, 0.15) is 0 Å². The van der Waals surface area contributed by atoms with Crippen molar-refractivity contribution >= 4 is 28.7 Å². The standard InChI is InChI=1S/C29H29N5O2/c1-18(30)24-14-21(12-13-26(24)31)25-15-22(34-28(17-35)20-8-4-3-5-9-20)16-32-29(25)23-10-6-7-11-27(23)33-19(2)36/h3-16,28,30,34-35H,17,31H2,1-2H3,(H,33,36). The maximum Gasteiger partial charge on any atom is 0.221 e. The lowest BCUT2D eigenvalue weighted by Crippen LogP contribution is -2.15. The first-order valence-corrected chi connectivity index (χ1v) is 11.6. The molecule has 0 aliphatic rings. The largest absolute Gasteiger partial charge is 0.398 e. The molecule has 1 heterocycles. The number of anilines is 3. The summed E-state index contributed by atoms with van der Waals surface area (Å²) in [5.41, 5.74) is 13.0. The molecule has 4 aromatic rings. The van der Waals surface area contributed by atoms with E-state index in [1.807, 2.05) is 72.8 Å². The van der Waals surface area contributed by atoms with Crippen molar-refractivity contribution in [2.24, 2.45) is 0 Å². The highest BCUT2D eigenvalue weighted by Gasteiger charge is 2.17. The molecule has 0 spiro atoms. The van der Waals surface area contributed by atoms with Crippen molar-refractivity contribution in [2.75, 3.05) is 23.0 Å². The van der Waals surface area contributed by atoms with Gasteiger partial charge in [-0.2, -0.15) is 0 Å². The number of pyridine rings is 1. The van der Waals surface area contributed by atoms with Gasteiger partial charge in [0.15, 0.2) is 0 Å². The van der Waals surface area contributed by atoms with Gasteiger partial charge in [0, 0.05) is 35.0 Å². The zero-order chi connectivity index (χ0) is 25.7. The molecule has 36 heavy (non-hydrogen) atoms. The number of hydrogen-bond acceptors (Lipinski definition) is 6. The molecule has 1 atom stereocenters. The van der Waals surface area contributed by atoms with Gasteiger partial charge in [-0.1, -0.05) is 54.6 Å². The third kappa shape index (κ3) is 5.42. The number of nitrogens with two attached hydrogens (primary N) is 1. The average molecular weight is 480 g/mol. The van der Waals surface area contributed by atoms with Crippen LogP contribution in [0.25, 0.3) is 22.4 Å². The zero-order valence-electron chi connectivity index (χ0n) is 20.2. The van der Waals surface area contributed by atoms with Crippen molar-refractivity contribution in [3.63, 3.8) is 0 Å². The van der Waals surface area contributed by atoms with Crippen molar-refractivity contribution < 1.29 is 9.90 Å². The first-order chi connectivity index (χ1) is 17.4. The fraction of sp³-hybridized carbons (Fsp3) is 0.138. The topological polar surface area (TPSA) is 124 Å². The predicted molar refractivity (Wildman–Crippen MR) is 146 cm³/mol. The summed E-state index contributed by atoms with van der Waals surface area (Å²) in [5.74, 6) is -0.176. The fourth-order valence-electron chi connectivity index (χ4n) is 4.14. The van der Waals surface area contributed by atoms with E-state index in [0.717, 1.165) is 27.9 Å². The van der Waals surface area contributed by atoms with Crippen LogP contribution in [0.3, 0.4) is 0 Å². The SMILES string of the molecule is CC(=N)c1cc(-c2cc(NC(CO)c3ccccc3)cnc2-c2ccccc2NC(C)=O)ccc1N. The molecule has 0 aliphatic carbocycles. The van der Waals surface area contributed by atoms with E-state index in [1.165, 1.54) is 6.92 Å². The lowest BCUT2D eigenvalue weighted by molar-refractivity contribution is -0.114. The summed E-state index contributed by atoms with van der Waals surface area (Å²) in [7, 11) is 0. The number of carbonyl (C=O) groups excluding carboxylic acids is 1. The van der Waals surface area contributed by atoms with E-state index in [1.54, 1.807) is 19.2 Å². The van der Waals surface area contributed by atoms with E-state index >= 15 is 0 Å². The molecule has 1 unspecified atom stereocenters. The highest BCUT2D eigenvalue weighted by Crippen LogP contribution is 2.37. The Kier molecular flexibility index (Phi) is 7.42. The third-order valence-corrected chi connectivity index (χ3v) is 5.87. The number of carbonyl (C=O) groups is 1. The summed E-state index contributed by atoms with van der Waals surface area (Å²) in [4.78, 5) is 16.6. The first-order valence-electron chi connectivity index (χ1n) is 11.6. The van der Waals surface area contributed by atoms with Crippen molar-refractivity contribution in [2.45, 2.75) is 19.9 Å². The van der Waals surface area contributed by atoms with E-state index in [-0.39, 0.29) is 18.6 Å². The van der Waals surface area contributed by atoms with Crippen LogP contribution in [-0.2, 0) is 4.79 Å². The van der Waals surface area contributed by atoms with E-state index < -0.39 is 0 Å². The molecule has 1 aromatic heterocycles. The van der Waals surface area contributed by atoms with Gasteiger partial charge in [-0.3, -0.25) is 9.78 Å². The predicted octanol–water partition coefficient (Wildman–Crippen LogP) is 5.49. The van der Waals surface area contributed by atoms with Gasteiger partial charge in [-0.25, -0.2) is 0 Å². The van der Waals surface area contributed by atoms with Crippen LogP contribution in [0.15, 0.2) is 85.1 Å². The molecule has 0 bridgehead atoms. The Balaban J connectivity index is 1.86. The number of rotatable bonds is 8. The van der Waals surface area contributed by atoms with Crippen LogP contribution >= 0.6 is 0 Å². The van der Waals surface area contributed by atoms with Crippen LogP contribution in [0, 0.1) is 5.41 Å². The lowest BCUT2D eigenvalue weighted by Gasteiger charge is -2.20.